The molecule has 0 spiro atoms. The quantitative estimate of drug-likeness (QED) is 0.401. The number of imidazole rings is 1. The summed E-state index contributed by atoms with van der Waals surface area (Å²) in [4.78, 5) is 30.2. The molecule has 3 aromatic rings. The minimum atomic E-state index is -0.359. The van der Waals surface area contributed by atoms with Gasteiger partial charge in [-0.2, -0.15) is 0 Å². The summed E-state index contributed by atoms with van der Waals surface area (Å²) in [6.45, 7) is 4.82. The molecule has 2 heterocycles. The van der Waals surface area contributed by atoms with Gasteiger partial charge in [-0.1, -0.05) is 39.7 Å². The van der Waals surface area contributed by atoms with Crippen molar-refractivity contribution in [3.05, 3.63) is 71.5 Å². The van der Waals surface area contributed by atoms with Gasteiger partial charge in [0, 0.05) is 24.6 Å². The molecule has 0 atom stereocenters. The molecular weight excluding hydrogens is 476 g/mol. The molecule has 0 bridgehead atoms. The van der Waals surface area contributed by atoms with Crippen molar-refractivity contribution >= 4 is 43.0 Å². The van der Waals surface area contributed by atoms with Crippen molar-refractivity contribution < 1.29 is 0 Å². The molecule has 3 rings (SSSR count). The Morgan fingerprint density at radius 2 is 1.93 bits per heavy atom. The van der Waals surface area contributed by atoms with Crippen LogP contribution in [0.25, 0.3) is 11.2 Å². The first-order chi connectivity index (χ1) is 12.8. The molecule has 142 valence electrons. The standard InChI is InChI=1S/C19H20Br2N4O2/c1-12(2)7-9-24-15-16(22-18(24)21)23(3)19(27)25(17(15)26)10-8-13-5-4-6-14(20)11-13/h4-7,11H,8-10H2,1-3H3. The maximum absolute atomic E-state index is 13.1. The topological polar surface area (TPSA) is 61.8 Å². The van der Waals surface area contributed by atoms with E-state index in [4.69, 9.17) is 0 Å². The van der Waals surface area contributed by atoms with Gasteiger partial charge in [0.15, 0.2) is 15.9 Å². The predicted octanol–water partition coefficient (Wildman–Crippen LogP) is 3.63. The lowest BCUT2D eigenvalue weighted by atomic mass is 10.1. The van der Waals surface area contributed by atoms with Crippen LogP contribution in [-0.2, 0) is 26.6 Å². The SMILES string of the molecule is CC(C)=CCn1c(Br)nc2c1c(=O)n(CCc1cccc(Br)c1)c(=O)n2C. The van der Waals surface area contributed by atoms with Crippen LogP contribution in [-0.4, -0.2) is 18.7 Å². The fourth-order valence-corrected chi connectivity index (χ4v) is 3.85. The molecule has 2 aromatic heterocycles. The number of hydrogen-bond acceptors (Lipinski definition) is 3. The van der Waals surface area contributed by atoms with Crippen LogP contribution in [0.2, 0.25) is 0 Å². The number of aryl methyl sites for hydroxylation is 2. The normalized spacial score (nSPS) is 11.1. The van der Waals surface area contributed by atoms with Gasteiger partial charge in [-0.05, 0) is 53.9 Å². The third-order valence-corrected chi connectivity index (χ3v) is 5.48. The second kappa shape index (κ2) is 7.98. The first-order valence-corrected chi connectivity index (χ1v) is 10.1. The minimum Gasteiger partial charge on any atom is -0.309 e. The summed E-state index contributed by atoms with van der Waals surface area (Å²) in [7, 11) is 1.64. The Balaban J connectivity index is 2.10. The largest absolute Gasteiger partial charge is 0.332 e. The lowest BCUT2D eigenvalue weighted by Gasteiger charge is -2.10. The molecule has 1 aromatic carbocycles. The number of rotatable bonds is 5. The van der Waals surface area contributed by atoms with Crippen molar-refractivity contribution in [2.75, 3.05) is 0 Å². The fourth-order valence-electron chi connectivity index (χ4n) is 2.92. The number of nitrogens with zero attached hydrogens (tertiary/aromatic N) is 4. The van der Waals surface area contributed by atoms with Crippen LogP contribution in [0.3, 0.4) is 0 Å². The highest BCUT2D eigenvalue weighted by atomic mass is 79.9. The zero-order valence-corrected chi connectivity index (χ0v) is 18.5. The van der Waals surface area contributed by atoms with E-state index in [1.165, 1.54) is 9.13 Å². The zero-order chi connectivity index (χ0) is 19.7. The maximum atomic E-state index is 13.1. The fraction of sp³-hybridized carbons (Fsp3) is 0.316. The van der Waals surface area contributed by atoms with Crippen molar-refractivity contribution in [3.63, 3.8) is 0 Å². The Morgan fingerprint density at radius 3 is 2.59 bits per heavy atom. The number of aromatic nitrogens is 4. The van der Waals surface area contributed by atoms with E-state index < -0.39 is 0 Å². The molecule has 0 aliphatic heterocycles. The monoisotopic (exact) mass is 494 g/mol. The number of benzene rings is 1. The maximum Gasteiger partial charge on any atom is 0.332 e. The summed E-state index contributed by atoms with van der Waals surface area (Å²) < 4.78 is 6.02. The van der Waals surface area contributed by atoms with E-state index in [-0.39, 0.29) is 11.2 Å². The average molecular weight is 496 g/mol. The van der Waals surface area contributed by atoms with Crippen molar-refractivity contribution in [3.8, 4) is 0 Å². The average Bonchev–Trinajstić information content (AvgIpc) is 2.94. The molecule has 0 saturated heterocycles. The van der Waals surface area contributed by atoms with Crippen LogP contribution in [0.4, 0.5) is 0 Å². The van der Waals surface area contributed by atoms with Crippen molar-refractivity contribution in [1.29, 1.82) is 0 Å². The second-order valence-corrected chi connectivity index (χ2v) is 8.25. The molecule has 0 unspecified atom stereocenters. The Hall–Kier alpha value is -1.93. The van der Waals surface area contributed by atoms with Crippen molar-refractivity contribution in [2.24, 2.45) is 7.05 Å². The molecular formula is C19H20Br2N4O2. The minimum absolute atomic E-state index is 0.309. The highest BCUT2D eigenvalue weighted by molar-refractivity contribution is 9.10. The van der Waals surface area contributed by atoms with Gasteiger partial charge in [0.1, 0.15) is 0 Å². The summed E-state index contributed by atoms with van der Waals surface area (Å²) >= 11 is 6.86. The highest BCUT2D eigenvalue weighted by Gasteiger charge is 2.18. The molecule has 8 heteroatoms. The number of hydrogen-bond donors (Lipinski definition) is 0. The van der Waals surface area contributed by atoms with E-state index in [1.54, 1.807) is 11.6 Å². The van der Waals surface area contributed by atoms with Crippen molar-refractivity contribution in [2.45, 2.75) is 33.4 Å². The number of halogens is 2. The molecule has 0 N–H and O–H groups in total. The summed E-state index contributed by atoms with van der Waals surface area (Å²) in [6, 6.07) is 7.85. The molecule has 0 radical (unpaired) electrons. The van der Waals surface area contributed by atoms with Crippen LogP contribution < -0.4 is 11.2 Å². The Bertz CT molecular complexity index is 1150. The van der Waals surface area contributed by atoms with Crippen LogP contribution in [0.15, 0.2) is 54.7 Å². The van der Waals surface area contributed by atoms with Gasteiger partial charge >= 0.3 is 5.69 Å². The molecule has 0 aliphatic rings. The lowest BCUT2D eigenvalue weighted by molar-refractivity contribution is 0.600. The van der Waals surface area contributed by atoms with Gasteiger partial charge in [-0.15, -0.1) is 0 Å². The van der Waals surface area contributed by atoms with E-state index >= 15 is 0 Å². The van der Waals surface area contributed by atoms with Crippen LogP contribution in [0.1, 0.15) is 19.4 Å². The summed E-state index contributed by atoms with van der Waals surface area (Å²) in [5, 5.41) is 0. The number of fused-ring (bicyclic) bond motifs is 1. The zero-order valence-electron chi connectivity index (χ0n) is 15.4. The molecule has 0 fully saturated rings. The first-order valence-electron chi connectivity index (χ1n) is 8.53. The van der Waals surface area contributed by atoms with E-state index in [1.807, 2.05) is 44.2 Å². The van der Waals surface area contributed by atoms with Gasteiger partial charge in [0.2, 0.25) is 0 Å². The molecule has 27 heavy (non-hydrogen) atoms. The summed E-state index contributed by atoms with van der Waals surface area (Å²) in [5.41, 5.74) is 2.33. The smallest absolute Gasteiger partial charge is 0.309 e. The predicted molar refractivity (Wildman–Crippen MR) is 114 cm³/mol. The second-order valence-electron chi connectivity index (χ2n) is 6.62. The van der Waals surface area contributed by atoms with E-state index in [9.17, 15) is 9.59 Å². The van der Waals surface area contributed by atoms with Gasteiger partial charge in [-0.25, -0.2) is 9.78 Å². The summed E-state index contributed by atoms with van der Waals surface area (Å²) in [6.07, 6.45) is 2.60. The Labute approximate surface area is 173 Å². The van der Waals surface area contributed by atoms with E-state index in [2.05, 4.69) is 36.8 Å². The lowest BCUT2D eigenvalue weighted by Crippen LogP contribution is -2.40. The molecule has 0 aliphatic carbocycles. The third kappa shape index (κ3) is 4.01. The third-order valence-electron chi connectivity index (χ3n) is 4.38. The molecule has 6 nitrogen and oxygen atoms in total. The number of allylic oxidation sites excluding steroid dienone is 2. The van der Waals surface area contributed by atoms with Crippen LogP contribution >= 0.6 is 31.9 Å². The summed E-state index contributed by atoms with van der Waals surface area (Å²) in [5.74, 6) is 0. The van der Waals surface area contributed by atoms with Gasteiger partial charge in [0.25, 0.3) is 5.56 Å². The molecule has 0 amide bonds. The Morgan fingerprint density at radius 1 is 1.19 bits per heavy atom. The Kier molecular flexibility index (Phi) is 5.86. The van der Waals surface area contributed by atoms with Crippen LogP contribution in [0.5, 0.6) is 0 Å². The van der Waals surface area contributed by atoms with E-state index in [0.717, 1.165) is 15.6 Å². The highest BCUT2D eigenvalue weighted by Crippen LogP contribution is 2.17. The van der Waals surface area contributed by atoms with Crippen LogP contribution in [0, 0.1) is 0 Å². The van der Waals surface area contributed by atoms with Gasteiger partial charge in [-0.3, -0.25) is 13.9 Å². The van der Waals surface area contributed by atoms with Gasteiger partial charge < -0.3 is 4.57 Å². The molecule has 0 saturated carbocycles. The van der Waals surface area contributed by atoms with Crippen molar-refractivity contribution in [1.82, 2.24) is 18.7 Å². The van der Waals surface area contributed by atoms with E-state index in [0.29, 0.717) is 35.4 Å². The first kappa shape index (κ1) is 19.8. The van der Waals surface area contributed by atoms with Gasteiger partial charge in [0.05, 0.1) is 0 Å².